The number of hydrogen-bond donors (Lipinski definition) is 1. The molecule has 64 valence electrons. The SMILES string of the molecule is CN(C(=O)O)C(=O)CCCCl. The van der Waals surface area contributed by atoms with Crippen LogP contribution >= 0.6 is 11.6 Å². The van der Waals surface area contributed by atoms with Crippen molar-refractivity contribution in [2.24, 2.45) is 0 Å². The van der Waals surface area contributed by atoms with E-state index in [4.69, 9.17) is 16.7 Å². The lowest BCUT2D eigenvalue weighted by Gasteiger charge is -2.09. The van der Waals surface area contributed by atoms with Gasteiger partial charge in [0.05, 0.1) is 0 Å². The molecule has 2 amide bonds. The predicted molar refractivity (Wildman–Crippen MR) is 40.7 cm³/mol. The minimum Gasteiger partial charge on any atom is -0.465 e. The number of alkyl halides is 1. The minimum atomic E-state index is -1.23. The molecule has 0 fully saturated rings. The molecular weight excluding hydrogens is 170 g/mol. The van der Waals surface area contributed by atoms with Gasteiger partial charge in [0.25, 0.3) is 0 Å². The molecule has 0 aromatic rings. The van der Waals surface area contributed by atoms with Crippen LogP contribution in [0.1, 0.15) is 12.8 Å². The average Bonchev–Trinajstić information content (AvgIpc) is 1.98. The molecule has 0 rings (SSSR count). The van der Waals surface area contributed by atoms with Crippen molar-refractivity contribution >= 4 is 23.6 Å². The molecule has 0 saturated heterocycles. The van der Waals surface area contributed by atoms with Crippen LogP contribution in [0.2, 0.25) is 0 Å². The number of rotatable bonds is 3. The second-order valence-corrected chi connectivity index (χ2v) is 2.41. The third kappa shape index (κ3) is 3.83. The van der Waals surface area contributed by atoms with E-state index in [0.29, 0.717) is 17.2 Å². The van der Waals surface area contributed by atoms with Crippen molar-refractivity contribution in [2.75, 3.05) is 12.9 Å². The first-order chi connectivity index (χ1) is 5.09. The number of hydrogen-bond acceptors (Lipinski definition) is 2. The molecule has 0 atom stereocenters. The molecule has 11 heavy (non-hydrogen) atoms. The fourth-order valence-electron chi connectivity index (χ4n) is 0.492. The first-order valence-electron chi connectivity index (χ1n) is 3.15. The van der Waals surface area contributed by atoms with Crippen LogP contribution in [0.5, 0.6) is 0 Å². The smallest absolute Gasteiger partial charge is 0.413 e. The lowest BCUT2D eigenvalue weighted by molar-refractivity contribution is -0.127. The Labute approximate surface area is 69.7 Å². The van der Waals surface area contributed by atoms with E-state index in [1.165, 1.54) is 7.05 Å². The summed E-state index contributed by atoms with van der Waals surface area (Å²) < 4.78 is 0. The Bertz CT molecular complexity index is 160. The van der Waals surface area contributed by atoms with E-state index in [-0.39, 0.29) is 6.42 Å². The summed E-state index contributed by atoms with van der Waals surface area (Å²) in [4.78, 5) is 21.7. The van der Waals surface area contributed by atoms with E-state index in [9.17, 15) is 9.59 Å². The highest BCUT2D eigenvalue weighted by Crippen LogP contribution is 1.97. The second-order valence-electron chi connectivity index (χ2n) is 2.03. The zero-order valence-electron chi connectivity index (χ0n) is 6.21. The van der Waals surface area contributed by atoms with Gasteiger partial charge in [-0.25, -0.2) is 4.79 Å². The predicted octanol–water partition coefficient (Wildman–Crippen LogP) is 1.14. The van der Waals surface area contributed by atoms with Crippen LogP contribution in [0.25, 0.3) is 0 Å². The van der Waals surface area contributed by atoms with Crippen LogP contribution < -0.4 is 0 Å². The van der Waals surface area contributed by atoms with Gasteiger partial charge in [-0.2, -0.15) is 0 Å². The summed E-state index contributed by atoms with van der Waals surface area (Å²) in [6.07, 6.45) is -0.533. The normalized spacial score (nSPS) is 9.27. The third-order valence-corrected chi connectivity index (χ3v) is 1.45. The molecule has 5 heteroatoms. The highest BCUT2D eigenvalue weighted by molar-refractivity contribution is 6.17. The topological polar surface area (TPSA) is 57.6 Å². The summed E-state index contributed by atoms with van der Waals surface area (Å²) in [7, 11) is 1.22. The van der Waals surface area contributed by atoms with E-state index in [1.807, 2.05) is 0 Å². The van der Waals surface area contributed by atoms with E-state index in [0.717, 1.165) is 0 Å². The van der Waals surface area contributed by atoms with Gasteiger partial charge in [0.1, 0.15) is 0 Å². The molecule has 0 heterocycles. The number of carboxylic acid groups (broad SMARTS) is 1. The second kappa shape index (κ2) is 4.96. The quantitative estimate of drug-likeness (QED) is 0.661. The van der Waals surface area contributed by atoms with E-state index in [1.54, 1.807) is 0 Å². The van der Waals surface area contributed by atoms with Gasteiger partial charge in [-0.15, -0.1) is 11.6 Å². The molecule has 0 aromatic carbocycles. The van der Waals surface area contributed by atoms with Crippen molar-refractivity contribution in [2.45, 2.75) is 12.8 Å². The fraction of sp³-hybridized carbons (Fsp3) is 0.667. The van der Waals surface area contributed by atoms with Crippen LogP contribution in [0.4, 0.5) is 4.79 Å². The number of imide groups is 1. The van der Waals surface area contributed by atoms with E-state index >= 15 is 0 Å². The van der Waals surface area contributed by atoms with Gasteiger partial charge in [0.15, 0.2) is 0 Å². The van der Waals surface area contributed by atoms with Crippen LogP contribution in [0, 0.1) is 0 Å². The minimum absolute atomic E-state index is 0.187. The number of carbonyl (C=O) groups excluding carboxylic acids is 1. The van der Waals surface area contributed by atoms with Crippen molar-refractivity contribution in [1.82, 2.24) is 4.90 Å². The van der Waals surface area contributed by atoms with Crippen LogP contribution in [-0.4, -0.2) is 34.9 Å². The van der Waals surface area contributed by atoms with Crippen molar-refractivity contribution in [3.05, 3.63) is 0 Å². The van der Waals surface area contributed by atoms with Crippen molar-refractivity contribution in [3.63, 3.8) is 0 Å². The molecule has 0 saturated carbocycles. The lowest BCUT2D eigenvalue weighted by Crippen LogP contribution is -2.31. The van der Waals surface area contributed by atoms with Gasteiger partial charge in [-0.3, -0.25) is 9.69 Å². The largest absolute Gasteiger partial charge is 0.465 e. The van der Waals surface area contributed by atoms with Gasteiger partial charge in [-0.05, 0) is 6.42 Å². The van der Waals surface area contributed by atoms with Crippen LogP contribution in [0.3, 0.4) is 0 Å². The Morgan fingerprint density at radius 2 is 2.09 bits per heavy atom. The first kappa shape index (κ1) is 10.2. The zero-order valence-corrected chi connectivity index (χ0v) is 6.97. The van der Waals surface area contributed by atoms with Gasteiger partial charge in [0, 0.05) is 19.3 Å². The molecular formula is C6H10ClNO3. The number of amides is 2. The third-order valence-electron chi connectivity index (χ3n) is 1.19. The van der Waals surface area contributed by atoms with Crippen molar-refractivity contribution < 1.29 is 14.7 Å². The molecule has 0 radical (unpaired) electrons. The van der Waals surface area contributed by atoms with Crippen LogP contribution in [-0.2, 0) is 4.79 Å². The molecule has 0 aliphatic carbocycles. The molecule has 0 spiro atoms. The Morgan fingerprint density at radius 3 is 2.45 bits per heavy atom. The zero-order chi connectivity index (χ0) is 8.85. The average molecular weight is 180 g/mol. The standard InChI is InChI=1S/C6H10ClNO3/c1-8(6(10)11)5(9)3-2-4-7/h2-4H2,1H3,(H,10,11). The molecule has 0 bridgehead atoms. The summed E-state index contributed by atoms with van der Waals surface area (Å²) in [5.74, 6) is -0.0442. The Kier molecular flexibility index (Phi) is 4.61. The maximum Gasteiger partial charge on any atom is 0.413 e. The molecule has 0 aliphatic heterocycles. The van der Waals surface area contributed by atoms with Crippen LogP contribution in [0.15, 0.2) is 0 Å². The summed E-state index contributed by atoms with van der Waals surface area (Å²) >= 11 is 5.31. The highest BCUT2D eigenvalue weighted by Gasteiger charge is 2.13. The number of halogens is 1. The summed E-state index contributed by atoms with van der Waals surface area (Å²) in [6, 6.07) is 0. The molecule has 4 nitrogen and oxygen atoms in total. The van der Waals surface area contributed by atoms with Gasteiger partial charge in [0.2, 0.25) is 5.91 Å². The maximum atomic E-state index is 10.8. The molecule has 0 aliphatic rings. The summed E-state index contributed by atoms with van der Waals surface area (Å²) in [5, 5.41) is 8.32. The fourth-order valence-corrected chi connectivity index (χ4v) is 0.626. The monoisotopic (exact) mass is 179 g/mol. The van der Waals surface area contributed by atoms with Gasteiger partial charge < -0.3 is 5.11 Å². The Hall–Kier alpha value is -0.770. The maximum absolute atomic E-state index is 10.8. The molecule has 1 N–H and O–H groups in total. The Morgan fingerprint density at radius 1 is 1.55 bits per heavy atom. The van der Waals surface area contributed by atoms with Gasteiger partial charge >= 0.3 is 6.09 Å². The Balaban J connectivity index is 3.74. The molecule has 0 aromatic heterocycles. The van der Waals surface area contributed by atoms with E-state index in [2.05, 4.69) is 0 Å². The molecule has 0 unspecified atom stereocenters. The summed E-state index contributed by atoms with van der Waals surface area (Å²) in [5.41, 5.74) is 0. The number of nitrogens with zero attached hydrogens (tertiary/aromatic N) is 1. The van der Waals surface area contributed by atoms with E-state index < -0.39 is 12.0 Å². The highest BCUT2D eigenvalue weighted by atomic mass is 35.5. The van der Waals surface area contributed by atoms with Crippen molar-refractivity contribution in [3.8, 4) is 0 Å². The first-order valence-corrected chi connectivity index (χ1v) is 3.68. The number of carbonyl (C=O) groups is 2. The summed E-state index contributed by atoms with van der Waals surface area (Å²) in [6.45, 7) is 0. The lowest BCUT2D eigenvalue weighted by atomic mass is 10.3. The van der Waals surface area contributed by atoms with Crippen molar-refractivity contribution in [1.29, 1.82) is 0 Å². The van der Waals surface area contributed by atoms with Gasteiger partial charge in [-0.1, -0.05) is 0 Å².